The van der Waals surface area contributed by atoms with Crippen molar-refractivity contribution in [2.45, 2.75) is 32.4 Å². The van der Waals surface area contributed by atoms with Crippen molar-refractivity contribution in [3.05, 3.63) is 118 Å². The number of nitrogens with one attached hydrogen (secondary N) is 2. The molecule has 0 radical (unpaired) electrons. The Morgan fingerprint density at radius 3 is 2.62 bits per heavy atom. The van der Waals surface area contributed by atoms with Gasteiger partial charge in [-0.3, -0.25) is 19.9 Å². The summed E-state index contributed by atoms with van der Waals surface area (Å²) < 4.78 is 1.99. The fourth-order valence-electron chi connectivity index (χ4n) is 4.88. The van der Waals surface area contributed by atoms with Crippen molar-refractivity contribution in [3.63, 3.8) is 0 Å². The SMILES string of the molecule is Cc1ccc(C)c(NC(=O)CCN2C(=S)N[C@H](c3ccccn3)[C@@H]2c2cccn2-c2ccc([N+](=O)[O-])cc2)c1. The van der Waals surface area contributed by atoms with Gasteiger partial charge in [0.1, 0.15) is 0 Å². The van der Waals surface area contributed by atoms with Crippen molar-refractivity contribution in [1.29, 1.82) is 0 Å². The molecule has 39 heavy (non-hydrogen) atoms. The van der Waals surface area contributed by atoms with Gasteiger partial charge in [0.2, 0.25) is 5.91 Å². The molecule has 2 N–H and O–H groups in total. The number of nitro groups is 1. The molecule has 2 aromatic carbocycles. The minimum absolute atomic E-state index is 0.0269. The van der Waals surface area contributed by atoms with Gasteiger partial charge in [0.15, 0.2) is 5.11 Å². The zero-order valence-corrected chi connectivity index (χ0v) is 22.4. The van der Waals surface area contributed by atoms with Gasteiger partial charge < -0.3 is 20.1 Å². The molecule has 10 heteroatoms. The average molecular weight is 541 g/mol. The Kier molecular flexibility index (Phi) is 7.38. The van der Waals surface area contributed by atoms with Gasteiger partial charge in [-0.05, 0) is 79.7 Å². The number of aryl methyl sites for hydroxylation is 2. The number of aromatic nitrogens is 2. The first-order valence-electron chi connectivity index (χ1n) is 12.6. The zero-order chi connectivity index (χ0) is 27.5. The largest absolute Gasteiger partial charge is 0.352 e. The number of pyridine rings is 1. The zero-order valence-electron chi connectivity index (χ0n) is 21.6. The Morgan fingerprint density at radius 2 is 1.90 bits per heavy atom. The summed E-state index contributed by atoms with van der Waals surface area (Å²) in [6.07, 6.45) is 3.89. The molecule has 5 rings (SSSR count). The standard InChI is InChI=1S/C29H28N6O3S/c1-19-8-9-20(2)24(18-19)31-26(36)14-17-34-28(27(32-29(34)39)23-6-3-4-15-30-23)25-7-5-16-33(25)21-10-12-22(13-11-21)35(37)38/h3-13,15-16,18,27-28H,14,17H2,1-2H3,(H,31,36)(H,32,39)/t27-,28+/m1/s1. The third kappa shape index (κ3) is 5.51. The first-order chi connectivity index (χ1) is 18.8. The summed E-state index contributed by atoms with van der Waals surface area (Å²) in [6.45, 7) is 4.35. The van der Waals surface area contributed by atoms with Crippen LogP contribution in [0.2, 0.25) is 0 Å². The highest BCUT2D eigenvalue weighted by Gasteiger charge is 2.41. The molecule has 0 aliphatic carbocycles. The monoisotopic (exact) mass is 540 g/mol. The molecule has 1 aliphatic heterocycles. The van der Waals surface area contributed by atoms with Crippen LogP contribution in [0.4, 0.5) is 11.4 Å². The van der Waals surface area contributed by atoms with Gasteiger partial charge in [0.05, 0.1) is 22.7 Å². The number of amides is 1. The van der Waals surface area contributed by atoms with Crippen LogP contribution in [-0.2, 0) is 4.79 Å². The molecule has 0 spiro atoms. The van der Waals surface area contributed by atoms with Crippen molar-refractivity contribution in [2.75, 3.05) is 11.9 Å². The second-order valence-electron chi connectivity index (χ2n) is 9.51. The van der Waals surface area contributed by atoms with E-state index in [9.17, 15) is 14.9 Å². The van der Waals surface area contributed by atoms with E-state index in [2.05, 4.69) is 15.6 Å². The first kappa shape index (κ1) is 26.1. The van der Waals surface area contributed by atoms with Crippen molar-refractivity contribution in [3.8, 4) is 5.69 Å². The number of nitrogens with zero attached hydrogens (tertiary/aromatic N) is 4. The second kappa shape index (κ2) is 11.0. The van der Waals surface area contributed by atoms with Gasteiger partial charge in [-0.15, -0.1) is 0 Å². The van der Waals surface area contributed by atoms with Crippen LogP contribution in [-0.4, -0.2) is 36.9 Å². The topological polar surface area (TPSA) is 105 Å². The summed E-state index contributed by atoms with van der Waals surface area (Å²) in [5.74, 6) is -0.0997. The van der Waals surface area contributed by atoms with Crippen molar-refractivity contribution < 1.29 is 9.72 Å². The number of anilines is 1. The Hall–Kier alpha value is -4.57. The number of non-ortho nitro benzene ring substituents is 1. The van der Waals surface area contributed by atoms with Crippen LogP contribution in [0.5, 0.6) is 0 Å². The molecule has 198 valence electrons. The summed E-state index contributed by atoms with van der Waals surface area (Å²) in [4.78, 5) is 30.3. The average Bonchev–Trinajstić information content (AvgIpc) is 3.54. The third-order valence-corrected chi connectivity index (χ3v) is 7.22. The number of nitro benzene ring substituents is 1. The summed E-state index contributed by atoms with van der Waals surface area (Å²) in [7, 11) is 0. The number of carbonyl (C=O) groups excluding carboxylic acids is 1. The highest BCUT2D eigenvalue weighted by molar-refractivity contribution is 7.80. The fourth-order valence-corrected chi connectivity index (χ4v) is 5.21. The minimum Gasteiger partial charge on any atom is -0.352 e. The maximum Gasteiger partial charge on any atom is 0.269 e. The van der Waals surface area contributed by atoms with Gasteiger partial charge >= 0.3 is 0 Å². The Balaban J connectivity index is 1.44. The summed E-state index contributed by atoms with van der Waals surface area (Å²) in [5.41, 5.74) is 5.43. The number of thiocarbonyl (C=S) groups is 1. The molecule has 2 atom stereocenters. The van der Waals surface area contributed by atoms with Crippen LogP contribution in [0.1, 0.15) is 41.0 Å². The molecule has 1 saturated heterocycles. The molecular formula is C29H28N6O3S. The lowest BCUT2D eigenvalue weighted by atomic mass is 10.0. The molecule has 9 nitrogen and oxygen atoms in total. The lowest BCUT2D eigenvalue weighted by molar-refractivity contribution is -0.384. The molecule has 2 aromatic heterocycles. The fraction of sp³-hybridized carbons (Fsp3) is 0.207. The van der Waals surface area contributed by atoms with Crippen molar-refractivity contribution >= 4 is 34.6 Å². The molecule has 3 heterocycles. The maximum atomic E-state index is 13.0. The van der Waals surface area contributed by atoms with E-state index >= 15 is 0 Å². The second-order valence-corrected chi connectivity index (χ2v) is 9.90. The van der Waals surface area contributed by atoms with Crippen LogP contribution in [0, 0.1) is 24.0 Å². The van der Waals surface area contributed by atoms with Crippen LogP contribution in [0.25, 0.3) is 5.69 Å². The van der Waals surface area contributed by atoms with Crippen LogP contribution in [0.3, 0.4) is 0 Å². The predicted octanol–water partition coefficient (Wildman–Crippen LogP) is 5.40. The normalized spacial score (nSPS) is 16.7. The maximum absolute atomic E-state index is 13.0. The van der Waals surface area contributed by atoms with E-state index in [0.717, 1.165) is 33.9 Å². The Morgan fingerprint density at radius 1 is 1.10 bits per heavy atom. The molecule has 0 bridgehead atoms. The number of carbonyl (C=O) groups is 1. The van der Waals surface area contributed by atoms with Gasteiger partial charge in [-0.25, -0.2) is 0 Å². The number of hydrogen-bond donors (Lipinski definition) is 2. The lowest BCUT2D eigenvalue weighted by Gasteiger charge is -2.29. The van der Waals surface area contributed by atoms with Gasteiger partial charge in [-0.1, -0.05) is 18.2 Å². The molecule has 1 amide bonds. The molecule has 1 aliphatic rings. The van der Waals surface area contributed by atoms with E-state index in [1.54, 1.807) is 18.3 Å². The lowest BCUT2D eigenvalue weighted by Crippen LogP contribution is -2.33. The third-order valence-electron chi connectivity index (χ3n) is 6.87. The van der Waals surface area contributed by atoms with Gasteiger partial charge in [0.25, 0.3) is 5.69 Å². The molecule has 0 saturated carbocycles. The first-order valence-corrected chi connectivity index (χ1v) is 13.0. The summed E-state index contributed by atoms with van der Waals surface area (Å²) in [5, 5.41) is 18.1. The summed E-state index contributed by atoms with van der Waals surface area (Å²) >= 11 is 5.77. The van der Waals surface area contributed by atoms with E-state index < -0.39 is 4.92 Å². The predicted molar refractivity (Wildman–Crippen MR) is 154 cm³/mol. The van der Waals surface area contributed by atoms with Crippen LogP contribution >= 0.6 is 12.2 Å². The molecular weight excluding hydrogens is 512 g/mol. The number of hydrogen-bond acceptors (Lipinski definition) is 5. The highest BCUT2D eigenvalue weighted by atomic mass is 32.1. The van der Waals surface area contributed by atoms with E-state index in [0.29, 0.717) is 11.7 Å². The minimum atomic E-state index is -0.415. The number of benzene rings is 2. The Labute approximate surface area is 231 Å². The van der Waals surface area contributed by atoms with E-state index in [1.165, 1.54) is 12.1 Å². The quantitative estimate of drug-likeness (QED) is 0.175. The smallest absolute Gasteiger partial charge is 0.269 e. The van der Waals surface area contributed by atoms with Crippen molar-refractivity contribution in [2.24, 2.45) is 0 Å². The molecule has 1 fully saturated rings. The molecule has 4 aromatic rings. The summed E-state index contributed by atoms with van der Waals surface area (Å²) in [6, 6.07) is 21.5. The van der Waals surface area contributed by atoms with Crippen molar-refractivity contribution in [1.82, 2.24) is 19.8 Å². The van der Waals surface area contributed by atoms with E-state index in [1.807, 2.05) is 78.0 Å². The molecule has 0 unspecified atom stereocenters. The van der Waals surface area contributed by atoms with Crippen LogP contribution < -0.4 is 10.6 Å². The van der Waals surface area contributed by atoms with Gasteiger partial charge in [0, 0.05) is 54.6 Å². The van der Waals surface area contributed by atoms with E-state index in [4.69, 9.17) is 12.2 Å². The Bertz CT molecular complexity index is 1520. The van der Waals surface area contributed by atoms with Crippen LogP contribution in [0.15, 0.2) is 85.2 Å². The number of rotatable bonds is 8. The van der Waals surface area contributed by atoms with E-state index in [-0.39, 0.29) is 30.1 Å². The highest BCUT2D eigenvalue weighted by Crippen LogP contribution is 2.39. The van der Waals surface area contributed by atoms with Gasteiger partial charge in [-0.2, -0.15) is 0 Å².